The van der Waals surface area contributed by atoms with Crippen molar-refractivity contribution >= 4 is 6.09 Å². The van der Waals surface area contributed by atoms with Crippen molar-refractivity contribution in [1.29, 1.82) is 5.26 Å². The third-order valence-corrected chi connectivity index (χ3v) is 6.34. The van der Waals surface area contributed by atoms with E-state index < -0.39 is 11.2 Å². The highest BCUT2D eigenvalue weighted by Crippen LogP contribution is 2.42. The van der Waals surface area contributed by atoms with Crippen LogP contribution in [0.25, 0.3) is 11.3 Å². The van der Waals surface area contributed by atoms with Crippen LogP contribution in [-0.4, -0.2) is 33.2 Å². The van der Waals surface area contributed by atoms with E-state index in [0.717, 1.165) is 22.4 Å². The van der Waals surface area contributed by atoms with Gasteiger partial charge in [0.15, 0.2) is 0 Å². The Kier molecular flexibility index (Phi) is 6.41. The van der Waals surface area contributed by atoms with E-state index in [-0.39, 0.29) is 12.1 Å². The Labute approximate surface area is 200 Å². The number of pyridine rings is 1. The van der Waals surface area contributed by atoms with E-state index in [4.69, 9.17) is 10.00 Å². The second-order valence-corrected chi connectivity index (χ2v) is 9.50. The highest BCUT2D eigenvalue weighted by atomic mass is 16.6. The Balaban J connectivity index is 1.52. The molecule has 1 aliphatic heterocycles. The van der Waals surface area contributed by atoms with E-state index in [9.17, 15) is 9.90 Å². The summed E-state index contributed by atoms with van der Waals surface area (Å²) in [7, 11) is 0. The van der Waals surface area contributed by atoms with Gasteiger partial charge in [-0.2, -0.15) is 5.26 Å². The number of hydrogen-bond donors (Lipinski definition) is 1. The van der Waals surface area contributed by atoms with Crippen LogP contribution in [0.15, 0.2) is 72.9 Å². The van der Waals surface area contributed by atoms with E-state index in [1.54, 1.807) is 31.0 Å². The standard InChI is InChI=1S/C28H29N3O3/c1-20(22-10-12-23(13-11-22)25-14-9-21(17-29)18-30-25)31-16-15-28(34-26(31)32,19-27(2,3)33)24-7-5-4-6-8-24/h4-14,18,20,33H,15-16,19H2,1-3H3/t20-,28?/m0/s1. The molecule has 174 valence electrons. The minimum atomic E-state index is -0.987. The van der Waals surface area contributed by atoms with E-state index in [2.05, 4.69) is 11.1 Å². The van der Waals surface area contributed by atoms with Crippen LogP contribution in [0.4, 0.5) is 4.79 Å². The summed E-state index contributed by atoms with van der Waals surface area (Å²) in [6.45, 7) is 5.99. The number of nitriles is 1. The molecule has 2 heterocycles. The minimum absolute atomic E-state index is 0.175. The monoisotopic (exact) mass is 455 g/mol. The summed E-state index contributed by atoms with van der Waals surface area (Å²) in [5.41, 5.74) is 2.29. The van der Waals surface area contributed by atoms with Gasteiger partial charge in [0.2, 0.25) is 0 Å². The molecule has 0 aliphatic carbocycles. The average Bonchev–Trinajstić information content (AvgIpc) is 2.83. The van der Waals surface area contributed by atoms with Crippen LogP contribution in [0.5, 0.6) is 0 Å². The van der Waals surface area contributed by atoms with Gasteiger partial charge in [0, 0.05) is 31.1 Å². The summed E-state index contributed by atoms with van der Waals surface area (Å²) in [5, 5.41) is 19.5. The smallest absolute Gasteiger partial charge is 0.411 e. The molecular weight excluding hydrogens is 426 g/mol. The molecule has 1 N–H and O–H groups in total. The number of benzene rings is 2. The lowest BCUT2D eigenvalue weighted by molar-refractivity contribution is -0.101. The fraction of sp³-hybridized carbons (Fsp3) is 0.321. The van der Waals surface area contributed by atoms with Crippen molar-refractivity contribution in [1.82, 2.24) is 9.88 Å². The maximum Gasteiger partial charge on any atom is 0.411 e. The third-order valence-electron chi connectivity index (χ3n) is 6.34. The molecule has 4 rings (SSSR count). The van der Waals surface area contributed by atoms with E-state index >= 15 is 0 Å². The van der Waals surface area contributed by atoms with Gasteiger partial charge in [-0.25, -0.2) is 4.79 Å². The first-order chi connectivity index (χ1) is 16.2. The van der Waals surface area contributed by atoms with Gasteiger partial charge in [0.1, 0.15) is 11.7 Å². The quantitative estimate of drug-likeness (QED) is 0.524. The number of aromatic nitrogens is 1. The molecule has 6 heteroatoms. The minimum Gasteiger partial charge on any atom is -0.438 e. The van der Waals surface area contributed by atoms with Crippen molar-refractivity contribution in [3.05, 3.63) is 89.6 Å². The summed E-state index contributed by atoms with van der Waals surface area (Å²) in [4.78, 5) is 19.3. The first-order valence-electron chi connectivity index (χ1n) is 11.4. The molecule has 1 amide bonds. The Morgan fingerprint density at radius 1 is 1.15 bits per heavy atom. The molecule has 2 atom stereocenters. The topological polar surface area (TPSA) is 86.5 Å². The number of carbonyl (C=O) groups is 1. The Bertz CT molecular complexity index is 1180. The van der Waals surface area contributed by atoms with Crippen LogP contribution in [0.2, 0.25) is 0 Å². The van der Waals surface area contributed by atoms with Crippen LogP contribution in [0.1, 0.15) is 56.3 Å². The van der Waals surface area contributed by atoms with Crippen molar-refractivity contribution in [3.8, 4) is 17.3 Å². The molecule has 34 heavy (non-hydrogen) atoms. The molecule has 0 saturated carbocycles. The average molecular weight is 456 g/mol. The molecule has 1 fully saturated rings. The second kappa shape index (κ2) is 9.28. The molecule has 6 nitrogen and oxygen atoms in total. The van der Waals surface area contributed by atoms with Crippen molar-refractivity contribution < 1.29 is 14.6 Å². The molecule has 0 spiro atoms. The predicted octanol–water partition coefficient (Wildman–Crippen LogP) is 5.58. The third kappa shape index (κ3) is 4.95. The van der Waals surface area contributed by atoms with Crippen LogP contribution in [0.3, 0.4) is 0 Å². The number of rotatable bonds is 6. The van der Waals surface area contributed by atoms with Crippen molar-refractivity contribution in [2.45, 2.75) is 50.9 Å². The van der Waals surface area contributed by atoms with Gasteiger partial charge in [-0.3, -0.25) is 4.98 Å². The predicted molar refractivity (Wildman–Crippen MR) is 130 cm³/mol. The van der Waals surface area contributed by atoms with Crippen LogP contribution in [-0.2, 0) is 10.3 Å². The largest absolute Gasteiger partial charge is 0.438 e. The number of aliphatic hydroxyl groups is 1. The maximum absolute atomic E-state index is 13.2. The lowest BCUT2D eigenvalue weighted by Gasteiger charge is -2.45. The molecule has 0 bridgehead atoms. The van der Waals surface area contributed by atoms with Crippen LogP contribution in [0, 0.1) is 11.3 Å². The van der Waals surface area contributed by atoms with Gasteiger partial charge in [-0.05, 0) is 44.0 Å². The lowest BCUT2D eigenvalue weighted by atomic mass is 9.80. The van der Waals surface area contributed by atoms with Gasteiger partial charge >= 0.3 is 6.09 Å². The normalized spacial score (nSPS) is 19.3. The summed E-state index contributed by atoms with van der Waals surface area (Å²) in [6.07, 6.45) is 2.08. The Morgan fingerprint density at radius 2 is 1.85 bits per heavy atom. The fourth-order valence-corrected chi connectivity index (χ4v) is 4.63. The molecule has 3 aromatic rings. The summed E-state index contributed by atoms with van der Waals surface area (Å²) in [6, 6.07) is 23.1. The molecular formula is C28H29N3O3. The first kappa shape index (κ1) is 23.5. The number of nitrogens with zero attached hydrogens (tertiary/aromatic N) is 3. The zero-order chi connectivity index (χ0) is 24.3. The zero-order valence-corrected chi connectivity index (χ0v) is 19.7. The van der Waals surface area contributed by atoms with Crippen LogP contribution >= 0.6 is 0 Å². The molecule has 1 aliphatic rings. The molecule has 1 saturated heterocycles. The molecule has 1 unspecified atom stereocenters. The Hall–Kier alpha value is -3.69. The summed E-state index contributed by atoms with van der Waals surface area (Å²) >= 11 is 0. The molecule has 0 radical (unpaired) electrons. The summed E-state index contributed by atoms with van der Waals surface area (Å²) in [5.74, 6) is 0. The van der Waals surface area contributed by atoms with Crippen LogP contribution < -0.4 is 0 Å². The highest BCUT2D eigenvalue weighted by Gasteiger charge is 2.46. The van der Waals surface area contributed by atoms with Gasteiger partial charge in [-0.15, -0.1) is 0 Å². The van der Waals surface area contributed by atoms with Gasteiger partial charge in [0.25, 0.3) is 0 Å². The lowest BCUT2D eigenvalue weighted by Crippen LogP contribution is -2.51. The van der Waals surface area contributed by atoms with Crippen molar-refractivity contribution in [2.75, 3.05) is 6.54 Å². The molecule has 2 aromatic carbocycles. The number of amides is 1. The number of hydrogen-bond acceptors (Lipinski definition) is 5. The zero-order valence-electron chi connectivity index (χ0n) is 19.7. The maximum atomic E-state index is 13.2. The number of cyclic esters (lactones) is 1. The SMILES string of the molecule is C[C@@H](c1ccc(-c2ccc(C#N)cn2)cc1)N1CCC(CC(C)(C)O)(c2ccccc2)OC1=O. The van der Waals surface area contributed by atoms with Gasteiger partial charge in [0.05, 0.1) is 22.9 Å². The highest BCUT2D eigenvalue weighted by molar-refractivity contribution is 5.70. The first-order valence-corrected chi connectivity index (χ1v) is 11.4. The Morgan fingerprint density at radius 3 is 2.41 bits per heavy atom. The van der Waals surface area contributed by atoms with Crippen molar-refractivity contribution in [3.63, 3.8) is 0 Å². The summed E-state index contributed by atoms with van der Waals surface area (Å²) < 4.78 is 6.10. The van der Waals surface area contributed by atoms with Gasteiger partial charge in [-0.1, -0.05) is 54.6 Å². The van der Waals surface area contributed by atoms with E-state index in [1.165, 1.54) is 0 Å². The van der Waals surface area contributed by atoms with E-state index in [1.807, 2.05) is 67.6 Å². The second-order valence-electron chi connectivity index (χ2n) is 9.50. The number of carbonyl (C=O) groups excluding carboxylic acids is 1. The number of ether oxygens (including phenoxy) is 1. The fourth-order valence-electron chi connectivity index (χ4n) is 4.63. The van der Waals surface area contributed by atoms with Crippen molar-refractivity contribution in [2.24, 2.45) is 0 Å². The van der Waals surface area contributed by atoms with E-state index in [0.29, 0.717) is 24.9 Å². The molecule has 1 aromatic heterocycles. The van der Waals surface area contributed by atoms with Gasteiger partial charge < -0.3 is 14.7 Å².